The van der Waals surface area contributed by atoms with Gasteiger partial charge in [0, 0.05) is 18.0 Å². The van der Waals surface area contributed by atoms with Gasteiger partial charge < -0.3 is 14.1 Å². The molecule has 7 heteroatoms. The number of thiazole rings is 1. The van der Waals surface area contributed by atoms with E-state index in [-0.39, 0.29) is 17.8 Å². The van der Waals surface area contributed by atoms with Crippen molar-refractivity contribution in [3.8, 4) is 10.8 Å². The number of esters is 1. The Balaban J connectivity index is 1.71. The lowest BCUT2D eigenvalue weighted by Gasteiger charge is -2.30. The molecule has 0 aromatic carbocycles. The Kier molecular flexibility index (Phi) is 4.47. The van der Waals surface area contributed by atoms with E-state index in [1.54, 1.807) is 17.2 Å². The number of rotatable bonds is 3. The van der Waals surface area contributed by atoms with Crippen LogP contribution < -0.4 is 0 Å². The van der Waals surface area contributed by atoms with Crippen molar-refractivity contribution in [3.05, 3.63) is 29.0 Å². The molecular weight excluding hydrogens is 316 g/mol. The highest BCUT2D eigenvalue weighted by molar-refractivity contribution is 7.15. The lowest BCUT2D eigenvalue weighted by atomic mass is 9.97. The summed E-state index contributed by atoms with van der Waals surface area (Å²) in [5.74, 6) is 0.280. The van der Waals surface area contributed by atoms with Crippen molar-refractivity contribution < 1.29 is 18.7 Å². The second kappa shape index (κ2) is 6.54. The molecule has 1 aliphatic rings. The molecule has 0 bridgehead atoms. The summed E-state index contributed by atoms with van der Waals surface area (Å²) < 4.78 is 10.1. The van der Waals surface area contributed by atoms with E-state index in [1.807, 2.05) is 13.0 Å². The number of methoxy groups -OCH3 is 1. The normalized spacial score (nSPS) is 15.7. The third-order valence-electron chi connectivity index (χ3n) is 4.05. The highest BCUT2D eigenvalue weighted by Gasteiger charge is 2.30. The second-order valence-corrected chi connectivity index (χ2v) is 6.69. The van der Waals surface area contributed by atoms with Crippen LogP contribution in [0.15, 0.2) is 22.8 Å². The van der Waals surface area contributed by atoms with Crippen LogP contribution in [0.5, 0.6) is 0 Å². The van der Waals surface area contributed by atoms with Crippen molar-refractivity contribution in [3.63, 3.8) is 0 Å². The van der Waals surface area contributed by atoms with Gasteiger partial charge in [0.05, 0.1) is 19.3 Å². The van der Waals surface area contributed by atoms with E-state index in [0.717, 1.165) is 4.88 Å². The number of carbonyl (C=O) groups excluding carboxylic acids is 2. The fourth-order valence-corrected chi connectivity index (χ4v) is 3.61. The predicted octanol–water partition coefficient (Wildman–Crippen LogP) is 2.74. The van der Waals surface area contributed by atoms with Gasteiger partial charge in [-0.05, 0) is 31.9 Å². The number of hydrogen-bond acceptors (Lipinski definition) is 6. The zero-order valence-electron chi connectivity index (χ0n) is 13.1. The van der Waals surface area contributed by atoms with Gasteiger partial charge in [-0.1, -0.05) is 0 Å². The van der Waals surface area contributed by atoms with Gasteiger partial charge in [-0.3, -0.25) is 9.59 Å². The first-order chi connectivity index (χ1) is 11.1. The first-order valence-electron chi connectivity index (χ1n) is 7.48. The van der Waals surface area contributed by atoms with Crippen molar-refractivity contribution >= 4 is 23.2 Å². The van der Waals surface area contributed by atoms with Crippen molar-refractivity contribution in [1.82, 2.24) is 9.88 Å². The summed E-state index contributed by atoms with van der Waals surface area (Å²) in [6.45, 7) is 2.98. The molecule has 6 nitrogen and oxygen atoms in total. The number of ether oxygens (including phenoxy) is 1. The molecular formula is C16H18N2O4S. The number of piperidine rings is 1. The lowest BCUT2D eigenvalue weighted by molar-refractivity contribution is -0.146. The maximum absolute atomic E-state index is 12.7. The van der Waals surface area contributed by atoms with Crippen molar-refractivity contribution in [1.29, 1.82) is 0 Å². The number of hydrogen-bond donors (Lipinski definition) is 0. The van der Waals surface area contributed by atoms with Crippen LogP contribution in [0.2, 0.25) is 0 Å². The monoisotopic (exact) mass is 334 g/mol. The standard InChI is InChI=1S/C16H18N2O4S/c1-10-13(17-14(23-10)12-4-3-9-22-12)15(19)18-7-5-11(6-8-18)16(20)21-2/h3-4,9,11H,5-8H2,1-2H3. The SMILES string of the molecule is COC(=O)C1CCN(C(=O)c2nc(-c3ccco3)sc2C)CC1. The molecule has 0 N–H and O–H groups in total. The van der Waals surface area contributed by atoms with Gasteiger partial charge in [0.25, 0.3) is 5.91 Å². The average Bonchev–Trinajstić information content (AvgIpc) is 3.23. The van der Waals surface area contributed by atoms with Crippen molar-refractivity contribution in [2.45, 2.75) is 19.8 Å². The van der Waals surface area contributed by atoms with E-state index in [4.69, 9.17) is 9.15 Å². The lowest BCUT2D eigenvalue weighted by Crippen LogP contribution is -2.40. The quantitative estimate of drug-likeness (QED) is 0.807. The van der Waals surface area contributed by atoms with Crippen LogP contribution in [0.25, 0.3) is 10.8 Å². The Bertz CT molecular complexity index is 700. The van der Waals surface area contributed by atoms with Crippen LogP contribution in [0.4, 0.5) is 0 Å². The number of likely N-dealkylation sites (tertiary alicyclic amines) is 1. The number of amides is 1. The van der Waals surface area contributed by atoms with Crippen LogP contribution in [-0.4, -0.2) is 42.0 Å². The summed E-state index contributed by atoms with van der Waals surface area (Å²) in [7, 11) is 1.40. The number of carbonyl (C=O) groups is 2. The molecule has 2 aromatic heterocycles. The van der Waals surface area contributed by atoms with Gasteiger partial charge in [-0.2, -0.15) is 0 Å². The van der Waals surface area contributed by atoms with Gasteiger partial charge in [-0.15, -0.1) is 11.3 Å². The summed E-state index contributed by atoms with van der Waals surface area (Å²) in [5.41, 5.74) is 0.470. The first kappa shape index (κ1) is 15.7. The van der Waals surface area contributed by atoms with E-state index in [2.05, 4.69) is 4.98 Å². The minimum absolute atomic E-state index is 0.0835. The van der Waals surface area contributed by atoms with E-state index < -0.39 is 0 Å². The summed E-state index contributed by atoms with van der Waals surface area (Å²) in [6.07, 6.45) is 2.85. The van der Waals surface area contributed by atoms with Crippen LogP contribution in [0, 0.1) is 12.8 Å². The molecule has 0 aliphatic carbocycles. The van der Waals surface area contributed by atoms with Gasteiger partial charge in [0.1, 0.15) is 5.69 Å². The third kappa shape index (κ3) is 3.14. The van der Waals surface area contributed by atoms with Gasteiger partial charge >= 0.3 is 5.97 Å². The molecule has 2 aromatic rings. The number of nitrogens with zero attached hydrogens (tertiary/aromatic N) is 2. The minimum atomic E-state index is -0.193. The highest BCUT2D eigenvalue weighted by Crippen LogP contribution is 2.29. The van der Waals surface area contributed by atoms with Crippen LogP contribution >= 0.6 is 11.3 Å². The minimum Gasteiger partial charge on any atom is -0.469 e. The van der Waals surface area contributed by atoms with Crippen molar-refractivity contribution in [2.24, 2.45) is 5.92 Å². The molecule has 1 saturated heterocycles. The Hall–Kier alpha value is -2.15. The first-order valence-corrected chi connectivity index (χ1v) is 8.30. The molecule has 23 heavy (non-hydrogen) atoms. The summed E-state index contributed by atoms with van der Waals surface area (Å²) in [5, 5.41) is 0.709. The highest BCUT2D eigenvalue weighted by atomic mass is 32.1. The van der Waals surface area contributed by atoms with Crippen LogP contribution in [0.3, 0.4) is 0 Å². The Labute approximate surface area is 138 Å². The van der Waals surface area contributed by atoms with Crippen molar-refractivity contribution in [2.75, 3.05) is 20.2 Å². The van der Waals surface area contributed by atoms with E-state index in [0.29, 0.717) is 42.4 Å². The van der Waals surface area contributed by atoms with Crippen LogP contribution in [0.1, 0.15) is 28.2 Å². The summed E-state index contributed by atoms with van der Waals surface area (Å²) in [4.78, 5) is 31.3. The molecule has 3 heterocycles. The van der Waals surface area contributed by atoms with Gasteiger partial charge in [0.15, 0.2) is 10.8 Å². The average molecular weight is 334 g/mol. The molecule has 0 saturated carbocycles. The zero-order chi connectivity index (χ0) is 16.4. The predicted molar refractivity (Wildman–Crippen MR) is 85.2 cm³/mol. The summed E-state index contributed by atoms with van der Waals surface area (Å²) >= 11 is 1.45. The molecule has 1 fully saturated rings. The molecule has 0 unspecified atom stereocenters. The maximum atomic E-state index is 12.7. The molecule has 0 atom stereocenters. The number of furan rings is 1. The third-order valence-corrected chi connectivity index (χ3v) is 5.03. The number of aromatic nitrogens is 1. The van der Waals surface area contributed by atoms with Gasteiger partial charge in [-0.25, -0.2) is 4.98 Å². The van der Waals surface area contributed by atoms with Crippen LogP contribution in [-0.2, 0) is 9.53 Å². The smallest absolute Gasteiger partial charge is 0.308 e. The molecule has 122 valence electrons. The largest absolute Gasteiger partial charge is 0.469 e. The second-order valence-electron chi connectivity index (χ2n) is 5.49. The molecule has 1 amide bonds. The molecule has 3 rings (SSSR count). The van der Waals surface area contributed by atoms with E-state index in [1.165, 1.54) is 18.4 Å². The van der Waals surface area contributed by atoms with E-state index >= 15 is 0 Å². The van der Waals surface area contributed by atoms with E-state index in [9.17, 15) is 9.59 Å². The Morgan fingerprint density at radius 1 is 1.39 bits per heavy atom. The summed E-state index contributed by atoms with van der Waals surface area (Å²) in [6, 6.07) is 3.62. The van der Waals surface area contributed by atoms with Gasteiger partial charge in [0.2, 0.25) is 0 Å². The molecule has 0 radical (unpaired) electrons. The molecule has 1 aliphatic heterocycles. The Morgan fingerprint density at radius 2 is 2.13 bits per heavy atom. The number of aryl methyl sites for hydroxylation is 1. The zero-order valence-corrected chi connectivity index (χ0v) is 13.9. The fraction of sp³-hybridized carbons (Fsp3) is 0.438. The maximum Gasteiger partial charge on any atom is 0.308 e. The molecule has 0 spiro atoms. The Morgan fingerprint density at radius 3 is 2.74 bits per heavy atom. The topological polar surface area (TPSA) is 72.6 Å². The fourth-order valence-electron chi connectivity index (χ4n) is 2.74.